The Morgan fingerprint density at radius 1 is 1.21 bits per heavy atom. The second kappa shape index (κ2) is 7.39. The number of hydrogen-bond donors (Lipinski definition) is 2. The minimum Gasteiger partial charge on any atom is -0.468 e. The zero-order valence-electron chi connectivity index (χ0n) is 16.0. The molecule has 1 aromatic heterocycles. The van der Waals surface area contributed by atoms with Gasteiger partial charge in [-0.15, -0.1) is 0 Å². The third-order valence-corrected chi connectivity index (χ3v) is 5.99. The lowest BCUT2D eigenvalue weighted by Gasteiger charge is -2.46. The number of benzene rings is 1. The Labute approximate surface area is 163 Å². The Morgan fingerprint density at radius 2 is 1.96 bits per heavy atom. The van der Waals surface area contributed by atoms with E-state index >= 15 is 0 Å². The molecule has 2 N–H and O–H groups in total. The molecular formula is C21H25N3O4. The number of esters is 1. The highest BCUT2D eigenvalue weighted by molar-refractivity contribution is 6.07. The van der Waals surface area contributed by atoms with Crippen LogP contribution in [0.15, 0.2) is 30.5 Å². The van der Waals surface area contributed by atoms with Crippen LogP contribution in [0.25, 0.3) is 10.9 Å². The summed E-state index contributed by atoms with van der Waals surface area (Å²) in [5.41, 5.74) is 1.26. The van der Waals surface area contributed by atoms with E-state index in [-0.39, 0.29) is 18.4 Å². The molecule has 28 heavy (non-hydrogen) atoms. The quantitative estimate of drug-likeness (QED) is 0.622. The molecule has 1 saturated heterocycles. The molecule has 1 aliphatic carbocycles. The second-order valence-electron chi connectivity index (χ2n) is 7.71. The van der Waals surface area contributed by atoms with Gasteiger partial charge in [-0.05, 0) is 30.9 Å². The molecule has 0 unspecified atom stereocenters. The molecule has 7 heteroatoms. The third-order valence-electron chi connectivity index (χ3n) is 5.99. The van der Waals surface area contributed by atoms with Crippen molar-refractivity contribution >= 4 is 28.7 Å². The van der Waals surface area contributed by atoms with E-state index in [4.69, 9.17) is 4.74 Å². The molecule has 4 rings (SSSR count). The molecule has 7 nitrogen and oxygen atoms in total. The van der Waals surface area contributed by atoms with Crippen LogP contribution < -0.4 is 5.32 Å². The number of para-hydroxylation sites is 1. The molecule has 1 aromatic carbocycles. The summed E-state index contributed by atoms with van der Waals surface area (Å²) in [6.07, 6.45) is 6.67. The summed E-state index contributed by atoms with van der Waals surface area (Å²) in [5.74, 6) is -1.24. The number of nitrogens with one attached hydrogen (secondary N) is 2. The van der Waals surface area contributed by atoms with Gasteiger partial charge >= 0.3 is 5.97 Å². The Hall–Kier alpha value is -2.67. The maximum Gasteiger partial charge on any atom is 0.325 e. The van der Waals surface area contributed by atoms with Crippen molar-refractivity contribution in [2.75, 3.05) is 13.7 Å². The average Bonchev–Trinajstić information content (AvgIpc) is 3.13. The number of imide groups is 1. The van der Waals surface area contributed by atoms with Crippen LogP contribution in [0, 0.1) is 0 Å². The van der Waals surface area contributed by atoms with Gasteiger partial charge < -0.3 is 9.72 Å². The maximum atomic E-state index is 13.2. The zero-order chi connectivity index (χ0) is 19.7. The van der Waals surface area contributed by atoms with Crippen LogP contribution in [0.5, 0.6) is 0 Å². The van der Waals surface area contributed by atoms with Crippen LogP contribution in [0.1, 0.15) is 37.7 Å². The molecule has 0 radical (unpaired) electrons. The molecule has 2 aliphatic rings. The lowest BCUT2D eigenvalue weighted by molar-refractivity contribution is -0.163. The predicted octanol–water partition coefficient (Wildman–Crippen LogP) is 1.91. The molecule has 2 aromatic rings. The highest BCUT2D eigenvalue weighted by Gasteiger charge is 2.51. The largest absolute Gasteiger partial charge is 0.468 e. The van der Waals surface area contributed by atoms with Crippen molar-refractivity contribution in [1.82, 2.24) is 15.2 Å². The van der Waals surface area contributed by atoms with Crippen molar-refractivity contribution in [3.8, 4) is 0 Å². The van der Waals surface area contributed by atoms with E-state index in [9.17, 15) is 14.4 Å². The summed E-state index contributed by atoms with van der Waals surface area (Å²) >= 11 is 0. The Bertz CT molecular complexity index is 913. The smallest absolute Gasteiger partial charge is 0.325 e. The van der Waals surface area contributed by atoms with Gasteiger partial charge in [0.05, 0.1) is 18.7 Å². The summed E-state index contributed by atoms with van der Waals surface area (Å²) in [5, 5.41) is 4.45. The zero-order valence-corrected chi connectivity index (χ0v) is 16.0. The van der Waals surface area contributed by atoms with Crippen LogP contribution >= 0.6 is 0 Å². The van der Waals surface area contributed by atoms with Gasteiger partial charge in [0.1, 0.15) is 6.54 Å². The maximum absolute atomic E-state index is 13.2. The van der Waals surface area contributed by atoms with E-state index in [1.165, 1.54) is 7.11 Å². The Kier molecular flexibility index (Phi) is 4.93. The number of aromatic nitrogens is 1. The Morgan fingerprint density at radius 3 is 2.71 bits per heavy atom. The molecule has 2 fully saturated rings. The number of hydrogen-bond acceptors (Lipinski definition) is 5. The first-order valence-corrected chi connectivity index (χ1v) is 9.79. The SMILES string of the molecule is COC(=O)CN1C(=O)[C@H](Cc2c[nH]c3ccccc23)NC2(CCCCC2)C1=O. The van der Waals surface area contributed by atoms with Crippen LogP contribution in [0.4, 0.5) is 0 Å². The van der Waals surface area contributed by atoms with E-state index < -0.39 is 17.6 Å². The van der Waals surface area contributed by atoms with Gasteiger partial charge in [-0.2, -0.15) is 0 Å². The van der Waals surface area contributed by atoms with Crippen molar-refractivity contribution in [3.63, 3.8) is 0 Å². The standard InChI is InChI=1S/C21H25N3O4/c1-28-18(25)13-24-19(26)17(23-21(20(24)27)9-5-2-6-10-21)11-14-12-22-16-8-4-3-7-15(14)16/h3-4,7-8,12,17,22-23H,2,5-6,9-11,13H2,1H3/t17-/m0/s1. The third kappa shape index (κ3) is 3.20. The molecule has 1 atom stereocenters. The van der Waals surface area contributed by atoms with Crippen LogP contribution in [-0.2, 0) is 25.5 Å². The number of ether oxygens (including phenoxy) is 1. The fraction of sp³-hybridized carbons (Fsp3) is 0.476. The van der Waals surface area contributed by atoms with Gasteiger partial charge in [-0.1, -0.05) is 37.5 Å². The monoisotopic (exact) mass is 383 g/mol. The fourth-order valence-electron chi connectivity index (χ4n) is 4.52. The minimum atomic E-state index is -0.767. The number of rotatable bonds is 4. The molecule has 1 saturated carbocycles. The number of aromatic amines is 1. The minimum absolute atomic E-state index is 0.294. The summed E-state index contributed by atoms with van der Waals surface area (Å²) in [4.78, 5) is 42.4. The van der Waals surface area contributed by atoms with Crippen molar-refractivity contribution in [1.29, 1.82) is 0 Å². The van der Waals surface area contributed by atoms with Crippen molar-refractivity contribution in [2.45, 2.75) is 50.1 Å². The molecule has 2 amide bonds. The van der Waals surface area contributed by atoms with Crippen LogP contribution in [-0.4, -0.2) is 52.9 Å². The molecule has 1 spiro atoms. The topological polar surface area (TPSA) is 91.5 Å². The summed E-state index contributed by atoms with van der Waals surface area (Å²) in [6.45, 7) is -0.331. The first-order chi connectivity index (χ1) is 13.5. The van der Waals surface area contributed by atoms with Gasteiger partial charge in [0.15, 0.2) is 0 Å². The van der Waals surface area contributed by atoms with Crippen molar-refractivity contribution in [2.24, 2.45) is 0 Å². The lowest BCUT2D eigenvalue weighted by atomic mass is 9.77. The van der Waals surface area contributed by atoms with E-state index in [0.717, 1.165) is 40.6 Å². The number of methoxy groups -OCH3 is 1. The normalized spacial score (nSPS) is 22.0. The van der Waals surface area contributed by atoms with Crippen molar-refractivity contribution in [3.05, 3.63) is 36.0 Å². The second-order valence-corrected chi connectivity index (χ2v) is 7.71. The molecule has 148 valence electrons. The Balaban J connectivity index is 1.66. The van der Waals surface area contributed by atoms with Gasteiger partial charge in [-0.25, -0.2) is 0 Å². The first kappa shape index (κ1) is 18.7. The summed E-state index contributed by atoms with van der Waals surface area (Å²) in [6, 6.07) is 7.37. The van der Waals surface area contributed by atoms with Gasteiger partial charge in [0.2, 0.25) is 11.8 Å². The number of piperazine rings is 1. The summed E-state index contributed by atoms with van der Waals surface area (Å²) < 4.78 is 4.71. The summed E-state index contributed by atoms with van der Waals surface area (Å²) in [7, 11) is 1.26. The average molecular weight is 383 g/mol. The number of nitrogens with zero attached hydrogens (tertiary/aromatic N) is 1. The highest BCUT2D eigenvalue weighted by atomic mass is 16.5. The number of carbonyl (C=O) groups excluding carboxylic acids is 3. The van der Waals surface area contributed by atoms with Crippen LogP contribution in [0.3, 0.4) is 0 Å². The van der Waals surface area contributed by atoms with Gasteiger partial charge in [0.25, 0.3) is 0 Å². The van der Waals surface area contributed by atoms with E-state index in [1.807, 2.05) is 30.5 Å². The predicted molar refractivity (Wildman–Crippen MR) is 103 cm³/mol. The molecular weight excluding hydrogens is 358 g/mol. The van der Waals surface area contributed by atoms with Gasteiger partial charge in [-0.3, -0.25) is 24.6 Å². The number of H-pyrrole nitrogens is 1. The fourth-order valence-corrected chi connectivity index (χ4v) is 4.52. The number of fused-ring (bicyclic) bond motifs is 1. The van der Waals surface area contributed by atoms with E-state index in [0.29, 0.717) is 19.3 Å². The molecule has 0 bridgehead atoms. The lowest BCUT2D eigenvalue weighted by Crippen LogP contribution is -2.71. The molecule has 2 heterocycles. The number of amides is 2. The van der Waals surface area contributed by atoms with Crippen molar-refractivity contribution < 1.29 is 19.1 Å². The van der Waals surface area contributed by atoms with E-state index in [1.54, 1.807) is 0 Å². The first-order valence-electron chi connectivity index (χ1n) is 9.79. The van der Waals surface area contributed by atoms with E-state index in [2.05, 4.69) is 10.3 Å². The van der Waals surface area contributed by atoms with Crippen LogP contribution in [0.2, 0.25) is 0 Å². The molecule has 1 aliphatic heterocycles. The number of carbonyl (C=O) groups is 3. The van der Waals surface area contributed by atoms with Gasteiger partial charge in [0, 0.05) is 17.1 Å². The highest BCUT2D eigenvalue weighted by Crippen LogP contribution is 2.34.